The van der Waals surface area contributed by atoms with Gasteiger partial charge in [0.2, 0.25) is 0 Å². The molecule has 1 N–H and O–H groups in total. The summed E-state index contributed by atoms with van der Waals surface area (Å²) in [6, 6.07) is 13.6. The maximum Gasteiger partial charge on any atom is 0.272 e. The SMILES string of the molecule is O=c1[nH]nc(Cc2ccc(F)c(CN3CC4CCCN(CC5CC5)C4C3)c2)c2ccccc12. The van der Waals surface area contributed by atoms with E-state index in [4.69, 9.17) is 0 Å². The number of aromatic nitrogens is 2. The Labute approximate surface area is 193 Å². The molecule has 3 aliphatic rings. The lowest BCUT2D eigenvalue weighted by Gasteiger charge is -2.37. The summed E-state index contributed by atoms with van der Waals surface area (Å²) in [6.45, 7) is 5.27. The van der Waals surface area contributed by atoms with Crippen LogP contribution >= 0.6 is 0 Å². The van der Waals surface area contributed by atoms with Crippen molar-refractivity contribution >= 4 is 10.8 Å². The van der Waals surface area contributed by atoms with Gasteiger partial charge in [-0.25, -0.2) is 9.49 Å². The molecule has 2 atom stereocenters. The third-order valence-electron chi connectivity index (χ3n) is 7.81. The van der Waals surface area contributed by atoms with Crippen LogP contribution in [0.3, 0.4) is 0 Å². The van der Waals surface area contributed by atoms with E-state index in [0.29, 0.717) is 24.4 Å². The average Bonchev–Trinajstić information content (AvgIpc) is 3.54. The van der Waals surface area contributed by atoms with Gasteiger partial charge in [-0.3, -0.25) is 14.6 Å². The molecule has 33 heavy (non-hydrogen) atoms. The Bertz CT molecular complexity index is 1220. The molecule has 1 aliphatic carbocycles. The quantitative estimate of drug-likeness (QED) is 0.623. The maximum atomic E-state index is 14.8. The van der Waals surface area contributed by atoms with Crippen LogP contribution in [0, 0.1) is 17.7 Å². The zero-order valence-electron chi connectivity index (χ0n) is 19.0. The Kier molecular flexibility index (Phi) is 5.51. The molecule has 6 rings (SSSR count). The zero-order valence-corrected chi connectivity index (χ0v) is 19.0. The number of aromatic amines is 1. The first kappa shape index (κ1) is 21.0. The van der Waals surface area contributed by atoms with Crippen LogP contribution in [-0.4, -0.2) is 52.2 Å². The van der Waals surface area contributed by atoms with E-state index in [9.17, 15) is 9.18 Å². The van der Waals surface area contributed by atoms with Crippen molar-refractivity contribution in [3.05, 3.63) is 75.5 Å². The number of benzene rings is 2. The lowest BCUT2D eigenvalue weighted by molar-refractivity contribution is 0.118. The van der Waals surface area contributed by atoms with Crippen LogP contribution in [0.4, 0.5) is 4.39 Å². The second-order valence-electron chi connectivity index (χ2n) is 10.2. The highest BCUT2D eigenvalue weighted by atomic mass is 19.1. The molecule has 3 heterocycles. The molecule has 5 nitrogen and oxygen atoms in total. The summed E-state index contributed by atoms with van der Waals surface area (Å²) in [5.41, 5.74) is 2.41. The van der Waals surface area contributed by atoms with Crippen molar-refractivity contribution in [1.82, 2.24) is 20.0 Å². The van der Waals surface area contributed by atoms with Gasteiger partial charge in [0.05, 0.1) is 11.1 Å². The summed E-state index contributed by atoms with van der Waals surface area (Å²) in [6.07, 6.45) is 5.95. The summed E-state index contributed by atoms with van der Waals surface area (Å²) in [5.74, 6) is 1.51. The van der Waals surface area contributed by atoms with Crippen LogP contribution in [0.15, 0.2) is 47.3 Å². The molecule has 2 saturated heterocycles. The average molecular weight is 447 g/mol. The van der Waals surface area contributed by atoms with Crippen molar-refractivity contribution in [2.45, 2.75) is 44.7 Å². The molecule has 6 heteroatoms. The minimum atomic E-state index is -0.180. The minimum absolute atomic E-state index is 0.136. The van der Waals surface area contributed by atoms with Crippen LogP contribution < -0.4 is 5.56 Å². The van der Waals surface area contributed by atoms with Crippen LogP contribution in [-0.2, 0) is 13.0 Å². The van der Waals surface area contributed by atoms with E-state index >= 15 is 0 Å². The van der Waals surface area contributed by atoms with Crippen LogP contribution in [0.5, 0.6) is 0 Å². The fourth-order valence-electron chi connectivity index (χ4n) is 5.95. The molecule has 3 aromatic rings. The van der Waals surface area contributed by atoms with Crippen LogP contribution in [0.25, 0.3) is 10.8 Å². The van der Waals surface area contributed by atoms with Gasteiger partial charge in [-0.15, -0.1) is 0 Å². The molecule has 2 unspecified atom stereocenters. The van der Waals surface area contributed by atoms with E-state index in [1.165, 1.54) is 38.8 Å². The molecule has 1 aromatic heterocycles. The van der Waals surface area contributed by atoms with Crippen molar-refractivity contribution in [3.8, 4) is 0 Å². The number of halogens is 1. The Balaban J connectivity index is 1.19. The normalized spacial score (nSPS) is 23.8. The number of nitrogens with zero attached hydrogens (tertiary/aromatic N) is 3. The first-order valence-corrected chi connectivity index (χ1v) is 12.3. The standard InChI is InChI=1S/C27H31FN4O/c28-24-10-9-19(13-25-22-5-1-2-6-23(22)27(33)30-29-25)12-21(24)16-31-15-20-4-3-11-32(26(20)17-31)14-18-7-8-18/h1-2,5-6,9-10,12,18,20,26H,3-4,7-8,11,13-17H2,(H,30,33). The molecule has 2 aliphatic heterocycles. The number of hydrogen-bond acceptors (Lipinski definition) is 4. The molecule has 172 valence electrons. The van der Waals surface area contributed by atoms with Crippen molar-refractivity contribution < 1.29 is 4.39 Å². The number of hydrogen-bond donors (Lipinski definition) is 1. The number of piperidine rings is 1. The minimum Gasteiger partial charge on any atom is -0.299 e. The maximum absolute atomic E-state index is 14.8. The molecule has 1 saturated carbocycles. The molecule has 0 spiro atoms. The Morgan fingerprint density at radius 3 is 2.76 bits per heavy atom. The molecule has 0 bridgehead atoms. The van der Waals surface area contributed by atoms with Crippen molar-refractivity contribution in [2.75, 3.05) is 26.2 Å². The van der Waals surface area contributed by atoms with Gasteiger partial charge in [-0.2, -0.15) is 5.10 Å². The summed E-state index contributed by atoms with van der Waals surface area (Å²) in [4.78, 5) is 17.3. The zero-order chi connectivity index (χ0) is 22.4. The number of likely N-dealkylation sites (tertiary alicyclic amines) is 2. The highest BCUT2D eigenvalue weighted by Crippen LogP contribution is 2.36. The molecule has 3 fully saturated rings. The predicted octanol–water partition coefficient (Wildman–Crippen LogP) is 3.96. The van der Waals surface area contributed by atoms with Gasteiger partial charge in [0.1, 0.15) is 5.82 Å². The predicted molar refractivity (Wildman–Crippen MR) is 128 cm³/mol. The van der Waals surface area contributed by atoms with Gasteiger partial charge in [0.25, 0.3) is 5.56 Å². The van der Waals surface area contributed by atoms with Gasteiger partial charge >= 0.3 is 0 Å². The topological polar surface area (TPSA) is 52.2 Å². The number of H-pyrrole nitrogens is 1. The van der Waals surface area contributed by atoms with E-state index in [1.807, 2.05) is 36.4 Å². The fraction of sp³-hybridized carbons (Fsp3) is 0.481. The molecule has 2 aromatic carbocycles. The summed E-state index contributed by atoms with van der Waals surface area (Å²) in [7, 11) is 0. The lowest BCUT2D eigenvalue weighted by atomic mass is 9.92. The molecular weight excluding hydrogens is 415 g/mol. The first-order chi connectivity index (χ1) is 16.1. The van der Waals surface area contributed by atoms with E-state index in [2.05, 4.69) is 20.0 Å². The van der Waals surface area contributed by atoms with Gasteiger partial charge in [-0.05, 0) is 61.8 Å². The van der Waals surface area contributed by atoms with Gasteiger partial charge in [0.15, 0.2) is 0 Å². The smallest absolute Gasteiger partial charge is 0.272 e. The number of fused-ring (bicyclic) bond motifs is 2. The summed E-state index contributed by atoms with van der Waals surface area (Å²) in [5, 5.41) is 8.39. The molecular formula is C27H31FN4O. The van der Waals surface area contributed by atoms with Crippen LogP contribution in [0.2, 0.25) is 0 Å². The molecule has 0 amide bonds. The Hall–Kier alpha value is -2.57. The number of nitrogens with one attached hydrogen (secondary N) is 1. The summed E-state index contributed by atoms with van der Waals surface area (Å²) >= 11 is 0. The highest BCUT2D eigenvalue weighted by molar-refractivity contribution is 5.83. The van der Waals surface area contributed by atoms with Crippen molar-refractivity contribution in [1.29, 1.82) is 0 Å². The lowest BCUT2D eigenvalue weighted by Crippen LogP contribution is -2.45. The van der Waals surface area contributed by atoms with Crippen molar-refractivity contribution in [2.24, 2.45) is 11.8 Å². The van der Waals surface area contributed by atoms with Crippen LogP contribution in [0.1, 0.15) is 42.5 Å². The molecule has 0 radical (unpaired) electrons. The van der Waals surface area contributed by atoms with E-state index in [-0.39, 0.29) is 11.4 Å². The van der Waals surface area contributed by atoms with Gasteiger partial charge in [0, 0.05) is 49.6 Å². The van der Waals surface area contributed by atoms with Gasteiger partial charge < -0.3 is 0 Å². The monoisotopic (exact) mass is 446 g/mol. The van der Waals surface area contributed by atoms with Crippen molar-refractivity contribution in [3.63, 3.8) is 0 Å². The Morgan fingerprint density at radius 2 is 1.91 bits per heavy atom. The van der Waals surface area contributed by atoms with Gasteiger partial charge in [-0.1, -0.05) is 30.3 Å². The second kappa shape index (κ2) is 8.65. The highest BCUT2D eigenvalue weighted by Gasteiger charge is 2.40. The third-order valence-corrected chi connectivity index (χ3v) is 7.81. The third kappa shape index (κ3) is 4.34. The Morgan fingerprint density at radius 1 is 1.06 bits per heavy atom. The first-order valence-electron chi connectivity index (χ1n) is 12.3. The fourth-order valence-corrected chi connectivity index (χ4v) is 5.95. The largest absolute Gasteiger partial charge is 0.299 e. The summed E-state index contributed by atoms with van der Waals surface area (Å²) < 4.78 is 14.8. The van der Waals surface area contributed by atoms with E-state index < -0.39 is 0 Å². The van der Waals surface area contributed by atoms with E-state index in [0.717, 1.165) is 47.1 Å². The van der Waals surface area contributed by atoms with E-state index in [1.54, 1.807) is 6.07 Å². The number of rotatable bonds is 6. The second-order valence-corrected chi connectivity index (χ2v) is 10.2.